The zero-order valence-electron chi connectivity index (χ0n) is 14.0. The molecule has 0 saturated carbocycles. The third-order valence-electron chi connectivity index (χ3n) is 3.55. The summed E-state index contributed by atoms with van der Waals surface area (Å²) in [5.74, 6) is -0.466. The number of aromatic nitrogens is 1. The van der Waals surface area contributed by atoms with E-state index in [1.54, 1.807) is 43.6 Å². The molecule has 0 unspecified atom stereocenters. The number of benzene rings is 1. The van der Waals surface area contributed by atoms with Crippen LogP contribution in [0.25, 0.3) is 0 Å². The molecular weight excluding hydrogens is 348 g/mol. The van der Waals surface area contributed by atoms with Gasteiger partial charge in [0.2, 0.25) is 0 Å². The van der Waals surface area contributed by atoms with Crippen LogP contribution in [0.3, 0.4) is 0 Å². The molecule has 0 bridgehead atoms. The lowest BCUT2D eigenvalue weighted by Gasteiger charge is -2.07. The number of pyridine rings is 1. The van der Waals surface area contributed by atoms with E-state index in [9.17, 15) is 9.59 Å². The SMILES string of the molecule is C/C(=N/NC(=O)c1ccncc1)c1cccc(NC(=O)c2cccs2)c1. The van der Waals surface area contributed by atoms with E-state index in [0.29, 0.717) is 21.8 Å². The first-order valence-electron chi connectivity index (χ1n) is 7.83. The van der Waals surface area contributed by atoms with Gasteiger partial charge >= 0.3 is 0 Å². The van der Waals surface area contributed by atoms with Crippen molar-refractivity contribution in [2.45, 2.75) is 6.92 Å². The molecule has 0 saturated heterocycles. The molecule has 3 rings (SSSR count). The highest BCUT2D eigenvalue weighted by Gasteiger charge is 2.08. The van der Waals surface area contributed by atoms with Gasteiger partial charge in [-0.15, -0.1) is 11.3 Å². The Morgan fingerprint density at radius 2 is 1.81 bits per heavy atom. The summed E-state index contributed by atoms with van der Waals surface area (Å²) >= 11 is 1.38. The number of hydrogen-bond donors (Lipinski definition) is 2. The Labute approximate surface area is 154 Å². The first-order chi connectivity index (χ1) is 12.6. The van der Waals surface area contributed by atoms with Gasteiger partial charge in [0.25, 0.3) is 11.8 Å². The van der Waals surface area contributed by atoms with Crippen molar-refractivity contribution in [3.05, 3.63) is 82.3 Å². The summed E-state index contributed by atoms with van der Waals surface area (Å²) in [6.45, 7) is 1.78. The molecule has 1 aromatic carbocycles. The van der Waals surface area contributed by atoms with E-state index in [1.165, 1.54) is 11.3 Å². The molecule has 2 amide bonds. The lowest BCUT2D eigenvalue weighted by atomic mass is 10.1. The van der Waals surface area contributed by atoms with Crippen LogP contribution in [-0.4, -0.2) is 22.5 Å². The maximum atomic E-state index is 12.1. The first-order valence-corrected chi connectivity index (χ1v) is 8.71. The predicted octanol–water partition coefficient (Wildman–Crippen LogP) is 3.55. The van der Waals surface area contributed by atoms with E-state index in [0.717, 1.165) is 5.56 Å². The van der Waals surface area contributed by atoms with Crippen LogP contribution in [0.5, 0.6) is 0 Å². The van der Waals surface area contributed by atoms with Crippen LogP contribution in [0, 0.1) is 0 Å². The molecule has 6 nitrogen and oxygen atoms in total. The van der Waals surface area contributed by atoms with Crippen LogP contribution in [0.4, 0.5) is 5.69 Å². The van der Waals surface area contributed by atoms with Gasteiger partial charge in [0.05, 0.1) is 10.6 Å². The Hall–Kier alpha value is -3.32. The van der Waals surface area contributed by atoms with E-state index >= 15 is 0 Å². The Kier molecular flexibility index (Phi) is 5.50. The molecule has 7 heteroatoms. The Bertz CT molecular complexity index is 937. The van der Waals surface area contributed by atoms with Gasteiger partial charge in [-0.25, -0.2) is 5.43 Å². The minimum absolute atomic E-state index is 0.155. The summed E-state index contributed by atoms with van der Waals surface area (Å²) in [5.41, 5.74) is 5.08. The van der Waals surface area contributed by atoms with Gasteiger partial charge < -0.3 is 5.32 Å². The van der Waals surface area contributed by atoms with Crippen LogP contribution < -0.4 is 10.7 Å². The van der Waals surface area contributed by atoms with E-state index in [1.807, 2.05) is 29.6 Å². The van der Waals surface area contributed by atoms with E-state index in [2.05, 4.69) is 20.8 Å². The molecular formula is C19H16N4O2S. The van der Waals surface area contributed by atoms with Gasteiger partial charge in [-0.05, 0) is 48.2 Å². The molecule has 2 aromatic heterocycles. The van der Waals surface area contributed by atoms with Gasteiger partial charge in [-0.2, -0.15) is 5.10 Å². The van der Waals surface area contributed by atoms with Crippen LogP contribution >= 0.6 is 11.3 Å². The molecule has 130 valence electrons. The van der Waals surface area contributed by atoms with Crippen molar-refractivity contribution in [3.8, 4) is 0 Å². The molecule has 0 spiro atoms. The number of carbonyl (C=O) groups is 2. The minimum Gasteiger partial charge on any atom is -0.321 e. The quantitative estimate of drug-likeness (QED) is 0.536. The van der Waals surface area contributed by atoms with Crippen molar-refractivity contribution in [2.24, 2.45) is 5.10 Å². The van der Waals surface area contributed by atoms with Crippen molar-refractivity contribution >= 4 is 34.6 Å². The Morgan fingerprint density at radius 1 is 1.00 bits per heavy atom. The lowest BCUT2D eigenvalue weighted by Crippen LogP contribution is -2.19. The van der Waals surface area contributed by atoms with E-state index < -0.39 is 0 Å². The third kappa shape index (κ3) is 4.40. The Balaban J connectivity index is 1.68. The number of thiophene rings is 1. The molecule has 3 aromatic rings. The fourth-order valence-electron chi connectivity index (χ4n) is 2.19. The molecule has 26 heavy (non-hydrogen) atoms. The van der Waals surface area contributed by atoms with Crippen LogP contribution in [0.2, 0.25) is 0 Å². The predicted molar refractivity (Wildman–Crippen MR) is 103 cm³/mol. The van der Waals surface area contributed by atoms with Crippen molar-refractivity contribution in [2.75, 3.05) is 5.32 Å². The zero-order valence-corrected chi connectivity index (χ0v) is 14.8. The normalized spacial score (nSPS) is 11.0. The van der Waals surface area contributed by atoms with Gasteiger partial charge in [0.15, 0.2) is 0 Å². The van der Waals surface area contributed by atoms with Gasteiger partial charge in [0, 0.05) is 23.6 Å². The van der Waals surface area contributed by atoms with Crippen LogP contribution in [0.15, 0.2) is 71.4 Å². The number of carbonyl (C=O) groups excluding carboxylic acids is 2. The molecule has 0 aliphatic carbocycles. The number of anilines is 1. The third-order valence-corrected chi connectivity index (χ3v) is 4.42. The second-order valence-corrected chi connectivity index (χ2v) is 6.33. The number of nitrogens with zero attached hydrogens (tertiary/aromatic N) is 2. The maximum Gasteiger partial charge on any atom is 0.271 e. The minimum atomic E-state index is -0.311. The summed E-state index contributed by atoms with van der Waals surface area (Å²) in [7, 11) is 0. The van der Waals surface area contributed by atoms with E-state index in [4.69, 9.17) is 0 Å². The molecule has 2 N–H and O–H groups in total. The molecule has 0 aliphatic heterocycles. The highest BCUT2D eigenvalue weighted by Crippen LogP contribution is 2.15. The summed E-state index contributed by atoms with van der Waals surface area (Å²) in [5, 5.41) is 8.83. The number of amides is 2. The standard InChI is InChI=1S/C19H16N4O2S/c1-13(22-23-18(24)14-7-9-20-10-8-14)15-4-2-5-16(12-15)21-19(25)17-6-3-11-26-17/h2-12H,1H3,(H,21,25)(H,23,24)/b22-13-. The zero-order chi connectivity index (χ0) is 18.4. The van der Waals surface area contributed by atoms with Gasteiger partial charge in [-0.1, -0.05) is 18.2 Å². The Morgan fingerprint density at radius 3 is 2.54 bits per heavy atom. The second kappa shape index (κ2) is 8.17. The van der Waals surface area contributed by atoms with E-state index in [-0.39, 0.29) is 11.8 Å². The highest BCUT2D eigenvalue weighted by atomic mass is 32.1. The average Bonchev–Trinajstić information content (AvgIpc) is 3.22. The molecule has 0 atom stereocenters. The fourth-order valence-corrected chi connectivity index (χ4v) is 2.81. The summed E-state index contributed by atoms with van der Waals surface area (Å²) < 4.78 is 0. The number of hydrogen-bond acceptors (Lipinski definition) is 5. The summed E-state index contributed by atoms with van der Waals surface area (Å²) in [4.78, 5) is 28.7. The lowest BCUT2D eigenvalue weighted by molar-refractivity contribution is 0.0954. The van der Waals surface area contributed by atoms with Crippen molar-refractivity contribution in [1.82, 2.24) is 10.4 Å². The van der Waals surface area contributed by atoms with Crippen molar-refractivity contribution in [1.29, 1.82) is 0 Å². The number of hydrazone groups is 1. The topological polar surface area (TPSA) is 83.4 Å². The maximum absolute atomic E-state index is 12.1. The van der Waals surface area contributed by atoms with Crippen molar-refractivity contribution in [3.63, 3.8) is 0 Å². The summed E-state index contributed by atoms with van der Waals surface area (Å²) in [6, 6.07) is 14.1. The fraction of sp³-hybridized carbons (Fsp3) is 0.0526. The molecule has 0 aliphatic rings. The van der Waals surface area contributed by atoms with Crippen LogP contribution in [0.1, 0.15) is 32.5 Å². The van der Waals surface area contributed by atoms with Gasteiger partial charge in [0.1, 0.15) is 0 Å². The highest BCUT2D eigenvalue weighted by molar-refractivity contribution is 7.12. The van der Waals surface area contributed by atoms with Crippen molar-refractivity contribution < 1.29 is 9.59 Å². The molecule has 0 radical (unpaired) electrons. The second-order valence-electron chi connectivity index (χ2n) is 5.39. The molecule has 0 fully saturated rings. The monoisotopic (exact) mass is 364 g/mol. The average molecular weight is 364 g/mol. The largest absolute Gasteiger partial charge is 0.321 e. The summed E-state index contributed by atoms with van der Waals surface area (Å²) in [6.07, 6.45) is 3.09. The van der Waals surface area contributed by atoms with Gasteiger partial charge in [-0.3, -0.25) is 14.6 Å². The first kappa shape index (κ1) is 17.5. The number of rotatable bonds is 5. The molecule has 2 heterocycles. The number of nitrogens with one attached hydrogen (secondary N) is 2. The van der Waals surface area contributed by atoms with Crippen LogP contribution in [-0.2, 0) is 0 Å². The smallest absolute Gasteiger partial charge is 0.271 e.